The molecule has 0 bridgehead atoms. The van der Waals surface area contributed by atoms with Gasteiger partial charge in [-0.25, -0.2) is 4.79 Å². The van der Waals surface area contributed by atoms with Crippen molar-refractivity contribution in [2.75, 3.05) is 0 Å². The summed E-state index contributed by atoms with van der Waals surface area (Å²) in [6.07, 6.45) is 0. The number of carbonyl (C=O) groups is 1. The van der Waals surface area contributed by atoms with Crippen LogP contribution in [0.2, 0.25) is 5.02 Å². The standard InChI is InChI=1S/C13H11ClO3S/c1-8-6-10(2-3-11(8)14)17-7-9-4-5-18-12(9)13(15)16/h2-6H,7H2,1H3,(H,15,16). The summed E-state index contributed by atoms with van der Waals surface area (Å²) in [6.45, 7) is 2.13. The lowest BCUT2D eigenvalue weighted by atomic mass is 10.2. The summed E-state index contributed by atoms with van der Waals surface area (Å²) in [7, 11) is 0. The number of thiophene rings is 1. The number of hydrogen-bond donors (Lipinski definition) is 1. The minimum absolute atomic E-state index is 0.242. The minimum atomic E-state index is -0.920. The van der Waals surface area contributed by atoms with E-state index in [-0.39, 0.29) is 6.61 Å². The average molecular weight is 283 g/mol. The van der Waals surface area contributed by atoms with Crippen molar-refractivity contribution in [1.82, 2.24) is 0 Å². The zero-order valence-electron chi connectivity index (χ0n) is 9.64. The molecule has 2 aromatic rings. The smallest absolute Gasteiger partial charge is 0.346 e. The molecule has 5 heteroatoms. The van der Waals surface area contributed by atoms with Gasteiger partial charge in [-0.1, -0.05) is 11.6 Å². The number of aryl methyl sites for hydroxylation is 1. The van der Waals surface area contributed by atoms with Crippen LogP contribution in [0.4, 0.5) is 0 Å². The molecule has 1 heterocycles. The first-order valence-corrected chi connectivity index (χ1v) is 6.52. The van der Waals surface area contributed by atoms with Crippen LogP contribution in [0.5, 0.6) is 5.75 Å². The monoisotopic (exact) mass is 282 g/mol. The van der Waals surface area contributed by atoms with Gasteiger partial charge in [0.2, 0.25) is 0 Å². The molecule has 0 aliphatic heterocycles. The molecule has 0 fully saturated rings. The Morgan fingerprint density at radius 3 is 2.89 bits per heavy atom. The highest BCUT2D eigenvalue weighted by atomic mass is 35.5. The van der Waals surface area contributed by atoms with Crippen LogP contribution in [0.25, 0.3) is 0 Å². The van der Waals surface area contributed by atoms with Gasteiger partial charge >= 0.3 is 5.97 Å². The van der Waals surface area contributed by atoms with Crippen LogP contribution in [0.3, 0.4) is 0 Å². The van der Waals surface area contributed by atoms with E-state index in [0.29, 0.717) is 21.2 Å². The molecule has 0 aliphatic rings. The molecule has 1 aromatic heterocycles. The molecule has 0 spiro atoms. The fraction of sp³-hybridized carbons (Fsp3) is 0.154. The number of carboxylic acids is 1. The Morgan fingerprint density at radius 2 is 2.22 bits per heavy atom. The van der Waals surface area contributed by atoms with E-state index in [4.69, 9.17) is 21.4 Å². The maximum Gasteiger partial charge on any atom is 0.346 e. The molecule has 0 amide bonds. The van der Waals surface area contributed by atoms with Gasteiger partial charge in [-0.05, 0) is 42.1 Å². The molecule has 94 valence electrons. The topological polar surface area (TPSA) is 46.5 Å². The third-order valence-corrected chi connectivity index (χ3v) is 3.83. The predicted octanol–water partition coefficient (Wildman–Crippen LogP) is 3.99. The zero-order chi connectivity index (χ0) is 13.1. The third-order valence-electron chi connectivity index (χ3n) is 2.46. The first-order chi connectivity index (χ1) is 8.58. The molecular weight excluding hydrogens is 272 g/mol. The summed E-state index contributed by atoms with van der Waals surface area (Å²) < 4.78 is 5.56. The Kier molecular flexibility index (Phi) is 3.89. The van der Waals surface area contributed by atoms with Crippen LogP contribution in [0, 0.1) is 6.92 Å². The average Bonchev–Trinajstić information content (AvgIpc) is 2.79. The largest absolute Gasteiger partial charge is 0.489 e. The summed E-state index contributed by atoms with van der Waals surface area (Å²) in [4.78, 5) is 11.3. The molecule has 0 saturated heterocycles. The summed E-state index contributed by atoms with van der Waals surface area (Å²) in [5.41, 5.74) is 1.61. The molecule has 18 heavy (non-hydrogen) atoms. The van der Waals surface area contributed by atoms with E-state index in [1.807, 2.05) is 13.0 Å². The fourth-order valence-corrected chi connectivity index (χ4v) is 2.37. The highest BCUT2D eigenvalue weighted by Crippen LogP contribution is 2.23. The fourth-order valence-electron chi connectivity index (χ4n) is 1.51. The van der Waals surface area contributed by atoms with Crippen molar-refractivity contribution < 1.29 is 14.6 Å². The number of halogens is 1. The number of rotatable bonds is 4. The molecule has 0 unspecified atom stereocenters. The summed E-state index contributed by atoms with van der Waals surface area (Å²) in [5.74, 6) is -0.240. The number of aromatic carboxylic acids is 1. The van der Waals surface area contributed by atoms with Gasteiger partial charge in [-0.3, -0.25) is 0 Å². The third kappa shape index (κ3) is 2.83. The number of ether oxygens (including phenoxy) is 1. The quantitative estimate of drug-likeness (QED) is 0.922. The van der Waals surface area contributed by atoms with E-state index < -0.39 is 5.97 Å². The molecule has 3 nitrogen and oxygen atoms in total. The first-order valence-electron chi connectivity index (χ1n) is 5.26. The number of carboxylic acid groups (broad SMARTS) is 1. The highest BCUT2D eigenvalue weighted by molar-refractivity contribution is 7.12. The van der Waals surface area contributed by atoms with Gasteiger partial charge in [0.25, 0.3) is 0 Å². The van der Waals surface area contributed by atoms with Crippen LogP contribution in [-0.4, -0.2) is 11.1 Å². The van der Waals surface area contributed by atoms with Gasteiger partial charge in [0.05, 0.1) is 0 Å². The Hall–Kier alpha value is -1.52. The van der Waals surface area contributed by atoms with Crippen molar-refractivity contribution in [1.29, 1.82) is 0 Å². The second kappa shape index (κ2) is 5.42. The van der Waals surface area contributed by atoms with Crippen LogP contribution in [-0.2, 0) is 6.61 Å². The van der Waals surface area contributed by atoms with E-state index in [1.54, 1.807) is 23.6 Å². The van der Waals surface area contributed by atoms with E-state index in [2.05, 4.69) is 0 Å². The Bertz CT molecular complexity index is 577. The van der Waals surface area contributed by atoms with Crippen LogP contribution < -0.4 is 4.74 Å². The second-order valence-electron chi connectivity index (χ2n) is 3.78. The maximum absolute atomic E-state index is 10.9. The summed E-state index contributed by atoms with van der Waals surface area (Å²) >= 11 is 7.11. The first kappa shape index (κ1) is 12.9. The van der Waals surface area contributed by atoms with E-state index in [9.17, 15) is 4.79 Å². The van der Waals surface area contributed by atoms with Gasteiger partial charge in [0, 0.05) is 10.6 Å². The second-order valence-corrected chi connectivity index (χ2v) is 5.10. The van der Waals surface area contributed by atoms with Crippen molar-refractivity contribution in [2.24, 2.45) is 0 Å². The van der Waals surface area contributed by atoms with Crippen molar-refractivity contribution in [2.45, 2.75) is 13.5 Å². The number of benzene rings is 1. The van der Waals surface area contributed by atoms with Gasteiger partial charge in [-0.2, -0.15) is 0 Å². The van der Waals surface area contributed by atoms with Gasteiger partial charge in [-0.15, -0.1) is 11.3 Å². The normalized spacial score (nSPS) is 10.3. The van der Waals surface area contributed by atoms with Crippen molar-refractivity contribution in [3.8, 4) is 5.75 Å². The number of hydrogen-bond acceptors (Lipinski definition) is 3. The van der Waals surface area contributed by atoms with Crippen LogP contribution in [0.15, 0.2) is 29.6 Å². The lowest BCUT2D eigenvalue weighted by Crippen LogP contribution is -2.01. The molecule has 1 aromatic carbocycles. The van der Waals surface area contributed by atoms with E-state index in [1.165, 1.54) is 11.3 Å². The maximum atomic E-state index is 10.9. The summed E-state index contributed by atoms with van der Waals surface area (Å²) in [5, 5.41) is 11.4. The molecule has 0 aliphatic carbocycles. The van der Waals surface area contributed by atoms with Gasteiger partial charge in [0.1, 0.15) is 17.2 Å². The van der Waals surface area contributed by atoms with E-state index in [0.717, 1.165) is 5.56 Å². The van der Waals surface area contributed by atoms with E-state index >= 15 is 0 Å². The highest BCUT2D eigenvalue weighted by Gasteiger charge is 2.12. The Balaban J connectivity index is 2.09. The Labute approximate surface area is 114 Å². The summed E-state index contributed by atoms with van der Waals surface area (Å²) in [6, 6.07) is 7.12. The molecular formula is C13H11ClO3S. The van der Waals surface area contributed by atoms with Gasteiger partial charge in [0.15, 0.2) is 0 Å². The Morgan fingerprint density at radius 1 is 1.44 bits per heavy atom. The molecule has 0 atom stereocenters. The lowest BCUT2D eigenvalue weighted by molar-refractivity contribution is 0.0699. The van der Waals surface area contributed by atoms with Crippen LogP contribution >= 0.6 is 22.9 Å². The lowest BCUT2D eigenvalue weighted by Gasteiger charge is -2.07. The molecule has 2 rings (SSSR count). The van der Waals surface area contributed by atoms with Crippen molar-refractivity contribution >= 4 is 28.9 Å². The molecule has 0 radical (unpaired) electrons. The molecule has 0 saturated carbocycles. The zero-order valence-corrected chi connectivity index (χ0v) is 11.2. The molecule has 1 N–H and O–H groups in total. The van der Waals surface area contributed by atoms with Crippen molar-refractivity contribution in [3.05, 3.63) is 50.7 Å². The van der Waals surface area contributed by atoms with Gasteiger partial charge < -0.3 is 9.84 Å². The van der Waals surface area contributed by atoms with Crippen LogP contribution in [0.1, 0.15) is 20.8 Å². The minimum Gasteiger partial charge on any atom is -0.489 e. The van der Waals surface area contributed by atoms with Crippen molar-refractivity contribution in [3.63, 3.8) is 0 Å². The SMILES string of the molecule is Cc1cc(OCc2ccsc2C(=O)O)ccc1Cl. The predicted molar refractivity (Wildman–Crippen MR) is 71.8 cm³/mol.